The summed E-state index contributed by atoms with van der Waals surface area (Å²) in [5.41, 5.74) is 5.34. The molecule has 64 valence electrons. The third-order valence-corrected chi connectivity index (χ3v) is 2.28. The van der Waals surface area contributed by atoms with Crippen molar-refractivity contribution in [3.8, 4) is 0 Å². The molecular formula is C9H17NO. The number of nitrogens with two attached hydrogens (primary N) is 1. The van der Waals surface area contributed by atoms with Crippen LogP contribution in [-0.4, -0.2) is 6.10 Å². The smallest absolute Gasteiger partial charge is 0.176 e. The van der Waals surface area contributed by atoms with E-state index in [9.17, 15) is 0 Å². The number of hydrogen-bond donors (Lipinski definition) is 1. The summed E-state index contributed by atoms with van der Waals surface area (Å²) in [4.78, 5) is 0. The maximum absolute atomic E-state index is 5.34. The van der Waals surface area contributed by atoms with E-state index in [0.29, 0.717) is 12.0 Å². The van der Waals surface area contributed by atoms with E-state index in [1.54, 1.807) is 0 Å². The Morgan fingerprint density at radius 3 is 2.36 bits per heavy atom. The average Bonchev–Trinajstić information content (AvgIpc) is 1.93. The van der Waals surface area contributed by atoms with Crippen molar-refractivity contribution in [2.75, 3.05) is 0 Å². The lowest BCUT2D eigenvalue weighted by Gasteiger charge is -2.26. The van der Waals surface area contributed by atoms with Gasteiger partial charge < -0.3 is 10.5 Å². The molecule has 1 aliphatic carbocycles. The molecule has 0 spiro atoms. The molecule has 1 fully saturated rings. The maximum Gasteiger partial charge on any atom is 0.176 e. The minimum Gasteiger partial charge on any atom is -0.477 e. The van der Waals surface area contributed by atoms with Crippen LogP contribution in [0.5, 0.6) is 0 Å². The number of ether oxygens (including phenoxy) is 1. The molecule has 1 rings (SSSR count). The van der Waals surface area contributed by atoms with Crippen molar-refractivity contribution in [2.24, 2.45) is 11.7 Å². The van der Waals surface area contributed by atoms with E-state index >= 15 is 0 Å². The Morgan fingerprint density at radius 2 is 1.91 bits per heavy atom. The van der Waals surface area contributed by atoms with E-state index in [-0.39, 0.29) is 0 Å². The normalized spacial score (nSPS) is 31.4. The van der Waals surface area contributed by atoms with Crippen molar-refractivity contribution in [2.45, 2.75) is 38.7 Å². The largest absolute Gasteiger partial charge is 0.477 e. The van der Waals surface area contributed by atoms with Crippen LogP contribution in [0.1, 0.15) is 32.6 Å². The first-order valence-electron chi connectivity index (χ1n) is 4.29. The third kappa shape index (κ3) is 2.83. The fourth-order valence-electron chi connectivity index (χ4n) is 1.56. The van der Waals surface area contributed by atoms with E-state index < -0.39 is 0 Å². The van der Waals surface area contributed by atoms with Crippen molar-refractivity contribution >= 4 is 0 Å². The zero-order valence-corrected chi connectivity index (χ0v) is 7.18. The monoisotopic (exact) mass is 155 g/mol. The van der Waals surface area contributed by atoms with Crippen LogP contribution in [0.4, 0.5) is 0 Å². The summed E-state index contributed by atoms with van der Waals surface area (Å²) in [7, 11) is 0. The summed E-state index contributed by atoms with van der Waals surface area (Å²) < 4.78 is 5.32. The fraction of sp³-hybridized carbons (Fsp3) is 0.778. The molecule has 0 aromatic carbocycles. The maximum atomic E-state index is 5.34. The molecule has 0 aromatic heterocycles. The van der Waals surface area contributed by atoms with Gasteiger partial charge in [-0.1, -0.05) is 6.92 Å². The van der Waals surface area contributed by atoms with Crippen LogP contribution in [0.3, 0.4) is 0 Å². The van der Waals surface area contributed by atoms with Gasteiger partial charge in [-0.2, -0.15) is 0 Å². The molecule has 0 bridgehead atoms. The van der Waals surface area contributed by atoms with Crippen molar-refractivity contribution < 1.29 is 4.74 Å². The molecule has 2 N–H and O–H groups in total. The lowest BCUT2D eigenvalue weighted by atomic mass is 9.89. The first-order valence-corrected chi connectivity index (χ1v) is 4.29. The molecule has 0 atom stereocenters. The molecule has 0 amide bonds. The Kier molecular flexibility index (Phi) is 2.80. The van der Waals surface area contributed by atoms with Crippen molar-refractivity contribution in [3.63, 3.8) is 0 Å². The van der Waals surface area contributed by atoms with E-state index in [1.807, 2.05) is 0 Å². The van der Waals surface area contributed by atoms with Crippen LogP contribution < -0.4 is 5.73 Å². The van der Waals surface area contributed by atoms with Gasteiger partial charge in [-0.05, 0) is 38.2 Å². The summed E-state index contributed by atoms with van der Waals surface area (Å²) in [6, 6.07) is 0. The second-order valence-electron chi connectivity index (χ2n) is 3.47. The Balaban J connectivity index is 2.22. The summed E-state index contributed by atoms with van der Waals surface area (Å²) in [6.07, 6.45) is 5.13. The van der Waals surface area contributed by atoms with Gasteiger partial charge >= 0.3 is 0 Å². The van der Waals surface area contributed by atoms with Gasteiger partial charge in [0.1, 0.15) is 6.10 Å². The number of hydrogen-bond acceptors (Lipinski definition) is 2. The van der Waals surface area contributed by atoms with Crippen molar-refractivity contribution in [1.29, 1.82) is 0 Å². The zero-order chi connectivity index (χ0) is 8.27. The first-order chi connectivity index (χ1) is 5.18. The summed E-state index contributed by atoms with van der Waals surface area (Å²) in [5.74, 6) is 1.23. The van der Waals surface area contributed by atoms with Crippen molar-refractivity contribution in [1.82, 2.24) is 0 Å². The van der Waals surface area contributed by atoms with E-state index in [2.05, 4.69) is 13.5 Å². The molecule has 0 heterocycles. The highest BCUT2D eigenvalue weighted by atomic mass is 16.5. The van der Waals surface area contributed by atoms with Crippen LogP contribution >= 0.6 is 0 Å². The van der Waals surface area contributed by atoms with Crippen LogP contribution in [0, 0.1) is 5.92 Å². The molecule has 0 saturated heterocycles. The van der Waals surface area contributed by atoms with Gasteiger partial charge in [0.25, 0.3) is 0 Å². The summed E-state index contributed by atoms with van der Waals surface area (Å²) >= 11 is 0. The highest BCUT2D eigenvalue weighted by molar-refractivity contribution is 4.78. The molecular weight excluding hydrogens is 138 g/mol. The van der Waals surface area contributed by atoms with Crippen LogP contribution in [-0.2, 0) is 4.74 Å². The summed E-state index contributed by atoms with van der Waals surface area (Å²) in [5, 5.41) is 0. The van der Waals surface area contributed by atoms with Crippen LogP contribution in [0.15, 0.2) is 12.5 Å². The highest BCUT2D eigenvalue weighted by Gasteiger charge is 2.18. The SMILES string of the molecule is C=C(N)O[C@H]1CC[C@@H](C)CC1. The predicted molar refractivity (Wildman–Crippen MR) is 45.8 cm³/mol. The minimum absolute atomic E-state index is 0.337. The predicted octanol–water partition coefficient (Wildman–Crippen LogP) is 2.01. The topological polar surface area (TPSA) is 35.2 Å². The molecule has 2 nitrogen and oxygen atoms in total. The quantitative estimate of drug-likeness (QED) is 0.619. The van der Waals surface area contributed by atoms with Gasteiger partial charge in [-0.15, -0.1) is 0 Å². The molecule has 0 unspecified atom stereocenters. The first kappa shape index (κ1) is 8.44. The Labute approximate surface area is 68.4 Å². The number of rotatable bonds is 2. The van der Waals surface area contributed by atoms with E-state index in [1.165, 1.54) is 12.8 Å². The van der Waals surface area contributed by atoms with Gasteiger partial charge in [0, 0.05) is 0 Å². The lowest BCUT2D eigenvalue weighted by molar-refractivity contribution is 0.0694. The second kappa shape index (κ2) is 3.65. The lowest BCUT2D eigenvalue weighted by Crippen LogP contribution is -2.21. The molecule has 0 radical (unpaired) electrons. The van der Waals surface area contributed by atoms with Crippen molar-refractivity contribution in [3.05, 3.63) is 12.5 Å². The van der Waals surface area contributed by atoms with Gasteiger partial charge in [-0.3, -0.25) is 0 Å². The Bertz CT molecular complexity index is 136. The highest BCUT2D eigenvalue weighted by Crippen LogP contribution is 2.25. The Hall–Kier alpha value is -0.660. The standard InChI is InChI=1S/C9H17NO/c1-7-3-5-9(6-4-7)11-8(2)10/h7,9H,2-6,10H2,1H3/t7-,9+. The minimum atomic E-state index is 0.337. The van der Waals surface area contributed by atoms with Gasteiger partial charge in [0.2, 0.25) is 0 Å². The summed E-state index contributed by atoms with van der Waals surface area (Å²) in [6.45, 7) is 5.81. The van der Waals surface area contributed by atoms with E-state index in [0.717, 1.165) is 18.8 Å². The van der Waals surface area contributed by atoms with Gasteiger partial charge in [0.05, 0.1) is 0 Å². The average molecular weight is 155 g/mol. The molecule has 0 aliphatic heterocycles. The molecule has 1 saturated carbocycles. The fourth-order valence-corrected chi connectivity index (χ4v) is 1.56. The van der Waals surface area contributed by atoms with Crippen LogP contribution in [0.25, 0.3) is 0 Å². The molecule has 11 heavy (non-hydrogen) atoms. The zero-order valence-electron chi connectivity index (χ0n) is 7.18. The second-order valence-corrected chi connectivity index (χ2v) is 3.47. The van der Waals surface area contributed by atoms with Crippen LogP contribution in [0.2, 0.25) is 0 Å². The molecule has 0 aromatic rings. The van der Waals surface area contributed by atoms with Gasteiger partial charge in [-0.25, -0.2) is 0 Å². The Morgan fingerprint density at radius 1 is 1.36 bits per heavy atom. The molecule has 1 aliphatic rings. The third-order valence-electron chi connectivity index (χ3n) is 2.28. The molecule has 2 heteroatoms. The van der Waals surface area contributed by atoms with Gasteiger partial charge in [0.15, 0.2) is 5.88 Å². The van der Waals surface area contributed by atoms with E-state index in [4.69, 9.17) is 10.5 Å².